The van der Waals surface area contributed by atoms with Gasteiger partial charge in [-0.15, -0.1) is 0 Å². The summed E-state index contributed by atoms with van der Waals surface area (Å²) in [5, 5.41) is 3.59. The van der Waals surface area contributed by atoms with Crippen LogP contribution in [0.4, 0.5) is 11.4 Å². The first-order valence-electron chi connectivity index (χ1n) is 5.95. The van der Waals surface area contributed by atoms with E-state index in [1.807, 2.05) is 0 Å². The van der Waals surface area contributed by atoms with E-state index in [9.17, 15) is 0 Å². The van der Waals surface area contributed by atoms with Crippen molar-refractivity contribution in [2.75, 3.05) is 42.4 Å². The van der Waals surface area contributed by atoms with Gasteiger partial charge in [-0.05, 0) is 42.0 Å². The molecule has 0 aromatic heterocycles. The topological polar surface area (TPSA) is 15.3 Å². The molecule has 1 fully saturated rings. The zero-order valence-corrected chi connectivity index (χ0v) is 12.8. The molecule has 1 atom stereocenters. The van der Waals surface area contributed by atoms with E-state index in [1.165, 1.54) is 29.3 Å². The van der Waals surface area contributed by atoms with Gasteiger partial charge >= 0.3 is 0 Å². The van der Waals surface area contributed by atoms with Crippen LogP contribution in [-0.4, -0.2) is 32.1 Å². The van der Waals surface area contributed by atoms with Gasteiger partial charge in [-0.25, -0.2) is 0 Å². The Morgan fingerprint density at radius 3 is 2.94 bits per heavy atom. The van der Waals surface area contributed by atoms with Crippen LogP contribution in [0, 0.1) is 5.92 Å². The number of benzene rings is 1. The Hall–Kier alpha value is -0.350. The Kier molecular flexibility index (Phi) is 4.62. The molecule has 1 aliphatic rings. The molecule has 4 heteroatoms. The fraction of sp³-hybridized carbons (Fsp3) is 0.538. The van der Waals surface area contributed by atoms with E-state index in [2.05, 4.69) is 70.2 Å². The third-order valence-corrected chi connectivity index (χ3v) is 4.77. The smallest absolute Gasteiger partial charge is 0.0597 e. The van der Waals surface area contributed by atoms with E-state index in [0.29, 0.717) is 0 Å². The largest absolute Gasteiger partial charge is 0.383 e. The maximum Gasteiger partial charge on any atom is 0.0597 e. The highest BCUT2D eigenvalue weighted by Crippen LogP contribution is 2.29. The normalized spacial score (nSPS) is 19.4. The third kappa shape index (κ3) is 3.55. The van der Waals surface area contributed by atoms with Gasteiger partial charge in [0.2, 0.25) is 0 Å². The Morgan fingerprint density at radius 1 is 1.47 bits per heavy atom. The summed E-state index contributed by atoms with van der Waals surface area (Å²) in [6.45, 7) is 1.09. The standard InChI is InChI=1S/C13H19BrN2S/c1-16(2)13-4-3-11(14)7-12(13)15-8-10-5-6-17-9-10/h3-4,7,10,15H,5-6,8-9H2,1-2H3. The molecular weight excluding hydrogens is 296 g/mol. The molecule has 0 saturated carbocycles. The quantitative estimate of drug-likeness (QED) is 0.912. The van der Waals surface area contributed by atoms with Gasteiger partial charge in [0.1, 0.15) is 0 Å². The molecule has 0 bridgehead atoms. The van der Waals surface area contributed by atoms with Gasteiger partial charge in [-0.3, -0.25) is 0 Å². The zero-order valence-electron chi connectivity index (χ0n) is 10.4. The lowest BCUT2D eigenvalue weighted by molar-refractivity contribution is 0.632. The van der Waals surface area contributed by atoms with Crippen molar-refractivity contribution < 1.29 is 0 Å². The van der Waals surface area contributed by atoms with Crippen LogP contribution < -0.4 is 10.2 Å². The van der Waals surface area contributed by atoms with E-state index in [1.54, 1.807) is 0 Å². The number of nitrogens with zero attached hydrogens (tertiary/aromatic N) is 1. The van der Waals surface area contributed by atoms with Crippen LogP contribution in [0.25, 0.3) is 0 Å². The number of nitrogens with one attached hydrogen (secondary N) is 1. The number of rotatable bonds is 4. The molecule has 0 aliphatic carbocycles. The molecule has 1 aromatic rings. The highest BCUT2D eigenvalue weighted by Gasteiger charge is 2.15. The molecule has 94 valence electrons. The van der Waals surface area contributed by atoms with Crippen molar-refractivity contribution in [3.05, 3.63) is 22.7 Å². The second-order valence-electron chi connectivity index (χ2n) is 4.67. The predicted octanol–water partition coefficient (Wildman–Crippen LogP) is 3.68. The van der Waals surface area contributed by atoms with Crippen molar-refractivity contribution in [3.8, 4) is 0 Å². The van der Waals surface area contributed by atoms with E-state index >= 15 is 0 Å². The van der Waals surface area contributed by atoms with Crippen molar-refractivity contribution in [1.29, 1.82) is 0 Å². The van der Waals surface area contributed by atoms with Crippen LogP contribution in [0.15, 0.2) is 22.7 Å². The molecule has 1 N–H and O–H groups in total. The molecule has 17 heavy (non-hydrogen) atoms. The maximum absolute atomic E-state index is 3.59. The first-order valence-corrected chi connectivity index (χ1v) is 7.90. The number of anilines is 2. The average Bonchev–Trinajstić information content (AvgIpc) is 2.78. The monoisotopic (exact) mass is 314 g/mol. The van der Waals surface area contributed by atoms with Crippen LogP contribution in [0.1, 0.15) is 6.42 Å². The van der Waals surface area contributed by atoms with Gasteiger partial charge < -0.3 is 10.2 Å². The lowest BCUT2D eigenvalue weighted by Crippen LogP contribution is -2.17. The average molecular weight is 315 g/mol. The van der Waals surface area contributed by atoms with Gasteiger partial charge in [-0.1, -0.05) is 15.9 Å². The summed E-state index contributed by atoms with van der Waals surface area (Å²) in [4.78, 5) is 2.15. The molecule has 0 spiro atoms. The predicted molar refractivity (Wildman–Crippen MR) is 82.4 cm³/mol. The number of hydrogen-bond donors (Lipinski definition) is 1. The number of thioether (sulfide) groups is 1. The summed E-state index contributed by atoms with van der Waals surface area (Å²) >= 11 is 5.61. The molecule has 1 aromatic carbocycles. The third-order valence-electron chi connectivity index (χ3n) is 3.05. The van der Waals surface area contributed by atoms with Gasteiger partial charge in [0.05, 0.1) is 11.4 Å². The van der Waals surface area contributed by atoms with Crippen molar-refractivity contribution >= 4 is 39.1 Å². The Balaban J connectivity index is 2.04. The Bertz CT molecular complexity index is 376. The minimum atomic E-state index is 0.828. The molecule has 1 unspecified atom stereocenters. The first-order chi connectivity index (χ1) is 8.16. The van der Waals surface area contributed by atoms with Gasteiger partial charge in [0.15, 0.2) is 0 Å². The minimum Gasteiger partial charge on any atom is -0.383 e. The molecule has 0 radical (unpaired) electrons. The van der Waals surface area contributed by atoms with E-state index in [0.717, 1.165) is 16.9 Å². The summed E-state index contributed by atoms with van der Waals surface area (Å²) in [7, 11) is 4.17. The van der Waals surface area contributed by atoms with Crippen molar-refractivity contribution in [2.45, 2.75) is 6.42 Å². The SMILES string of the molecule is CN(C)c1ccc(Br)cc1NCC1CCSC1. The fourth-order valence-corrected chi connectivity index (χ4v) is 3.68. The molecule has 1 aliphatic heterocycles. The van der Waals surface area contributed by atoms with Gasteiger partial charge in [-0.2, -0.15) is 11.8 Å². The van der Waals surface area contributed by atoms with E-state index < -0.39 is 0 Å². The molecule has 1 saturated heterocycles. The minimum absolute atomic E-state index is 0.828. The summed E-state index contributed by atoms with van der Waals surface area (Å²) in [6, 6.07) is 6.40. The molecular formula is C13H19BrN2S. The second kappa shape index (κ2) is 6.01. The van der Waals surface area contributed by atoms with E-state index in [-0.39, 0.29) is 0 Å². The molecule has 1 heterocycles. The Morgan fingerprint density at radius 2 is 2.29 bits per heavy atom. The Labute approximate surface area is 116 Å². The fourth-order valence-electron chi connectivity index (χ4n) is 2.04. The van der Waals surface area contributed by atoms with Gasteiger partial charge in [0, 0.05) is 25.1 Å². The van der Waals surface area contributed by atoms with Crippen molar-refractivity contribution in [1.82, 2.24) is 0 Å². The lowest BCUT2D eigenvalue weighted by atomic mass is 10.1. The van der Waals surface area contributed by atoms with Crippen LogP contribution in [0.2, 0.25) is 0 Å². The summed E-state index contributed by atoms with van der Waals surface area (Å²) < 4.78 is 1.13. The van der Waals surface area contributed by atoms with Crippen LogP contribution in [0.5, 0.6) is 0 Å². The zero-order chi connectivity index (χ0) is 12.3. The second-order valence-corrected chi connectivity index (χ2v) is 6.73. The van der Waals surface area contributed by atoms with Crippen LogP contribution >= 0.6 is 27.7 Å². The highest BCUT2D eigenvalue weighted by molar-refractivity contribution is 9.10. The van der Waals surface area contributed by atoms with E-state index in [4.69, 9.17) is 0 Å². The van der Waals surface area contributed by atoms with Crippen molar-refractivity contribution in [3.63, 3.8) is 0 Å². The number of halogens is 1. The number of hydrogen-bond acceptors (Lipinski definition) is 3. The summed E-state index contributed by atoms with van der Waals surface area (Å²) in [5.41, 5.74) is 2.47. The molecule has 2 rings (SSSR count). The molecule has 2 nitrogen and oxygen atoms in total. The summed E-state index contributed by atoms with van der Waals surface area (Å²) in [6.07, 6.45) is 1.35. The maximum atomic E-state index is 3.59. The van der Waals surface area contributed by atoms with Crippen LogP contribution in [0.3, 0.4) is 0 Å². The van der Waals surface area contributed by atoms with Crippen molar-refractivity contribution in [2.24, 2.45) is 5.92 Å². The summed E-state index contributed by atoms with van der Waals surface area (Å²) in [5.74, 6) is 3.46. The molecule has 0 amide bonds. The lowest BCUT2D eigenvalue weighted by Gasteiger charge is -2.20. The highest BCUT2D eigenvalue weighted by atomic mass is 79.9. The first kappa shape index (κ1) is 13.1. The van der Waals surface area contributed by atoms with Crippen LogP contribution in [-0.2, 0) is 0 Å². The van der Waals surface area contributed by atoms with Gasteiger partial charge in [0.25, 0.3) is 0 Å².